The number of hydrogen-bond acceptors (Lipinski definition) is 6. The van der Waals surface area contributed by atoms with E-state index < -0.39 is 22.0 Å². The van der Waals surface area contributed by atoms with Crippen molar-refractivity contribution in [2.24, 2.45) is 0 Å². The Kier molecular flexibility index (Phi) is 5.87. The highest BCUT2D eigenvalue weighted by Gasteiger charge is 2.30. The lowest BCUT2D eigenvalue weighted by molar-refractivity contribution is -0.117. The molecule has 1 saturated carbocycles. The molecule has 4 rings (SSSR count). The molecule has 3 aromatic rings. The number of carbonyl (C=O) groups excluding carboxylic acids is 1. The number of amides is 1. The molecule has 0 radical (unpaired) electrons. The van der Waals surface area contributed by atoms with Crippen molar-refractivity contribution in [3.05, 3.63) is 59.0 Å². The van der Waals surface area contributed by atoms with E-state index >= 15 is 0 Å². The Hall–Kier alpha value is -3.04. The number of anilines is 1. The van der Waals surface area contributed by atoms with Gasteiger partial charge in [0.25, 0.3) is 0 Å². The van der Waals surface area contributed by atoms with Crippen molar-refractivity contribution in [2.75, 3.05) is 5.32 Å². The summed E-state index contributed by atoms with van der Waals surface area (Å²) in [5, 5.41) is 6.76. The number of hydrogen-bond donors (Lipinski definition) is 2. The first-order valence-corrected chi connectivity index (χ1v) is 12.0. The Labute approximate surface area is 187 Å². The van der Waals surface area contributed by atoms with Crippen molar-refractivity contribution in [2.45, 2.75) is 57.4 Å². The molecule has 0 saturated heterocycles. The van der Waals surface area contributed by atoms with Crippen LogP contribution in [0.1, 0.15) is 48.3 Å². The molecule has 2 aromatic carbocycles. The number of rotatable bonds is 7. The first kappa shape index (κ1) is 22.2. The van der Waals surface area contributed by atoms with Crippen LogP contribution >= 0.6 is 0 Å². The van der Waals surface area contributed by atoms with Crippen LogP contribution < -0.4 is 10.0 Å². The lowest BCUT2D eigenvalue weighted by Gasteiger charge is -2.16. The van der Waals surface area contributed by atoms with E-state index in [0.29, 0.717) is 34.4 Å². The van der Waals surface area contributed by atoms with E-state index in [9.17, 15) is 13.2 Å². The fourth-order valence-electron chi connectivity index (χ4n) is 3.52. The molecule has 1 aromatic heterocycles. The number of benzene rings is 2. The normalized spacial score (nSPS) is 14.9. The molecule has 1 amide bonds. The minimum Gasteiger partial charge on any atom is -0.339 e. The third-order valence-corrected chi connectivity index (χ3v) is 7.00. The van der Waals surface area contributed by atoms with Crippen LogP contribution in [-0.4, -0.2) is 30.5 Å². The van der Waals surface area contributed by atoms with Crippen molar-refractivity contribution < 1.29 is 17.7 Å². The van der Waals surface area contributed by atoms with Crippen LogP contribution in [0.3, 0.4) is 0 Å². The molecule has 0 spiro atoms. The number of carbonyl (C=O) groups is 1. The molecule has 1 fully saturated rings. The zero-order valence-corrected chi connectivity index (χ0v) is 19.3. The largest absolute Gasteiger partial charge is 0.339 e. The van der Waals surface area contributed by atoms with Crippen LogP contribution in [0.4, 0.5) is 5.69 Å². The third kappa shape index (κ3) is 4.89. The molecule has 0 bridgehead atoms. The molecule has 1 aliphatic rings. The Morgan fingerprint density at radius 1 is 1.09 bits per heavy atom. The number of sulfonamides is 1. The molecule has 1 unspecified atom stereocenters. The van der Waals surface area contributed by atoms with Crippen molar-refractivity contribution in [3.8, 4) is 11.4 Å². The smallest absolute Gasteiger partial charge is 0.242 e. The van der Waals surface area contributed by atoms with Crippen molar-refractivity contribution >= 4 is 21.6 Å². The summed E-state index contributed by atoms with van der Waals surface area (Å²) in [4.78, 5) is 17.1. The van der Waals surface area contributed by atoms with Crippen LogP contribution in [0.15, 0.2) is 45.8 Å². The van der Waals surface area contributed by atoms with Crippen LogP contribution in [0.5, 0.6) is 0 Å². The molecule has 1 heterocycles. The molecule has 9 heteroatoms. The lowest BCUT2D eigenvalue weighted by atomic mass is 10.1. The molecule has 0 aliphatic heterocycles. The van der Waals surface area contributed by atoms with Gasteiger partial charge in [0, 0.05) is 17.2 Å². The van der Waals surface area contributed by atoms with Gasteiger partial charge in [-0.15, -0.1) is 0 Å². The maximum Gasteiger partial charge on any atom is 0.242 e. The summed E-state index contributed by atoms with van der Waals surface area (Å²) in [6.45, 7) is 7.07. The van der Waals surface area contributed by atoms with E-state index in [2.05, 4.69) is 20.2 Å². The Bertz CT molecular complexity index is 1260. The summed E-state index contributed by atoms with van der Waals surface area (Å²) in [6, 6.07) is 9.64. The summed E-state index contributed by atoms with van der Waals surface area (Å²) < 4.78 is 33.9. The molecule has 1 aliphatic carbocycles. The summed E-state index contributed by atoms with van der Waals surface area (Å²) in [7, 11) is -3.97. The van der Waals surface area contributed by atoms with Gasteiger partial charge in [-0.25, -0.2) is 8.42 Å². The van der Waals surface area contributed by atoms with Gasteiger partial charge < -0.3 is 9.84 Å². The quantitative estimate of drug-likeness (QED) is 0.561. The van der Waals surface area contributed by atoms with E-state index in [1.807, 2.05) is 32.0 Å². The van der Waals surface area contributed by atoms with Crippen molar-refractivity contribution in [1.29, 1.82) is 0 Å². The Balaban J connectivity index is 1.52. The predicted molar refractivity (Wildman–Crippen MR) is 121 cm³/mol. The zero-order valence-electron chi connectivity index (χ0n) is 18.5. The van der Waals surface area contributed by atoms with Gasteiger partial charge in [-0.05, 0) is 75.4 Å². The molecule has 32 heavy (non-hydrogen) atoms. The Morgan fingerprint density at radius 3 is 2.44 bits per heavy atom. The van der Waals surface area contributed by atoms with E-state index in [0.717, 1.165) is 24.0 Å². The van der Waals surface area contributed by atoms with Gasteiger partial charge in [-0.1, -0.05) is 23.4 Å². The highest BCUT2D eigenvalue weighted by atomic mass is 32.2. The highest BCUT2D eigenvalue weighted by molar-refractivity contribution is 7.89. The van der Waals surface area contributed by atoms with E-state index in [-0.39, 0.29) is 4.90 Å². The molecule has 1 atom stereocenters. The first-order chi connectivity index (χ1) is 15.1. The highest BCUT2D eigenvalue weighted by Crippen LogP contribution is 2.39. The minimum absolute atomic E-state index is 0.0684. The number of aryl methyl sites for hydroxylation is 3. The Morgan fingerprint density at radius 2 is 1.78 bits per heavy atom. The average Bonchev–Trinajstić information content (AvgIpc) is 3.44. The lowest BCUT2D eigenvalue weighted by Crippen LogP contribution is -2.41. The third-order valence-electron chi connectivity index (χ3n) is 5.32. The van der Waals surface area contributed by atoms with E-state index in [1.54, 1.807) is 19.1 Å². The molecular weight excluding hydrogens is 428 g/mol. The first-order valence-electron chi connectivity index (χ1n) is 10.5. The van der Waals surface area contributed by atoms with Gasteiger partial charge in [-0.3, -0.25) is 4.79 Å². The number of nitrogens with zero attached hydrogens (tertiary/aromatic N) is 2. The van der Waals surface area contributed by atoms with Gasteiger partial charge in [0.1, 0.15) is 0 Å². The molecular formula is C23H26N4O4S. The molecule has 2 N–H and O–H groups in total. The minimum atomic E-state index is -3.97. The number of nitrogens with one attached hydrogen (secondary N) is 2. The summed E-state index contributed by atoms with van der Waals surface area (Å²) >= 11 is 0. The average molecular weight is 455 g/mol. The van der Waals surface area contributed by atoms with Crippen LogP contribution in [0, 0.1) is 20.8 Å². The van der Waals surface area contributed by atoms with E-state index in [1.165, 1.54) is 13.0 Å². The second-order valence-electron chi connectivity index (χ2n) is 8.42. The summed E-state index contributed by atoms with van der Waals surface area (Å²) in [5.74, 6) is 0.798. The molecule has 168 valence electrons. The van der Waals surface area contributed by atoms with Gasteiger partial charge in [-0.2, -0.15) is 9.71 Å². The van der Waals surface area contributed by atoms with Gasteiger partial charge >= 0.3 is 0 Å². The predicted octanol–water partition coefficient (Wildman–Crippen LogP) is 3.84. The standard InChI is InChI=1S/C23H26N4O4S/c1-13-9-14(2)11-19(10-13)24-22(28)16(4)27-32(29,30)20-12-18(6-5-15(20)3)21-25-23(31-26-21)17-7-8-17/h5-6,9-12,16-17,27H,7-8H2,1-4H3,(H,24,28). The fourth-order valence-corrected chi connectivity index (χ4v) is 5.00. The van der Waals surface area contributed by atoms with Crippen molar-refractivity contribution in [3.63, 3.8) is 0 Å². The second-order valence-corrected chi connectivity index (χ2v) is 10.1. The fraction of sp³-hybridized carbons (Fsp3) is 0.348. The maximum absolute atomic E-state index is 13.1. The van der Waals surface area contributed by atoms with Gasteiger partial charge in [0.05, 0.1) is 10.9 Å². The van der Waals surface area contributed by atoms with Gasteiger partial charge in [0.2, 0.25) is 27.6 Å². The SMILES string of the molecule is Cc1cc(C)cc(NC(=O)C(C)NS(=O)(=O)c2cc(-c3noc(C4CC4)n3)ccc2C)c1. The summed E-state index contributed by atoms with van der Waals surface area (Å²) in [5.41, 5.74) is 3.73. The van der Waals surface area contributed by atoms with E-state index in [4.69, 9.17) is 4.52 Å². The monoisotopic (exact) mass is 454 g/mol. The van der Waals surface area contributed by atoms with Crippen molar-refractivity contribution in [1.82, 2.24) is 14.9 Å². The summed E-state index contributed by atoms with van der Waals surface area (Å²) in [6.07, 6.45) is 2.06. The zero-order chi connectivity index (χ0) is 23.0. The van der Waals surface area contributed by atoms with Crippen LogP contribution in [0.25, 0.3) is 11.4 Å². The second kappa shape index (κ2) is 8.48. The molecule has 8 nitrogen and oxygen atoms in total. The maximum atomic E-state index is 13.1. The van der Waals surface area contributed by atoms with Gasteiger partial charge in [0.15, 0.2) is 0 Å². The van der Waals surface area contributed by atoms with Crippen LogP contribution in [-0.2, 0) is 14.8 Å². The van der Waals surface area contributed by atoms with Crippen LogP contribution in [0.2, 0.25) is 0 Å². The number of aromatic nitrogens is 2. The topological polar surface area (TPSA) is 114 Å².